The number of halogens is 1. The van der Waals surface area contributed by atoms with Gasteiger partial charge in [0, 0.05) is 6.04 Å². The minimum absolute atomic E-state index is 0.0508. The van der Waals surface area contributed by atoms with Crippen LogP contribution in [0.3, 0.4) is 0 Å². The average Bonchev–Trinajstić information content (AvgIpc) is 2.25. The van der Waals surface area contributed by atoms with Crippen LogP contribution in [0.25, 0.3) is 0 Å². The lowest BCUT2D eigenvalue weighted by atomic mass is 10.2. The molecule has 1 aromatic rings. The summed E-state index contributed by atoms with van der Waals surface area (Å²) in [5.41, 5.74) is 0.432. The van der Waals surface area contributed by atoms with Crippen LogP contribution in [-0.4, -0.2) is 23.0 Å². The Morgan fingerprint density at radius 3 is 2.88 bits per heavy atom. The third kappa shape index (κ3) is 4.09. The van der Waals surface area contributed by atoms with Crippen molar-refractivity contribution >= 4 is 34.7 Å². The van der Waals surface area contributed by atoms with Gasteiger partial charge in [-0.15, -0.1) is 0 Å². The van der Waals surface area contributed by atoms with Crippen LogP contribution in [0.1, 0.15) is 13.3 Å². The first-order chi connectivity index (χ1) is 8.06. The minimum atomic E-state index is -0.452. The van der Waals surface area contributed by atoms with Crippen LogP contribution in [0.4, 0.5) is 11.4 Å². The molecule has 0 aliphatic rings. The van der Waals surface area contributed by atoms with Crippen LogP contribution in [0, 0.1) is 10.1 Å². The lowest BCUT2D eigenvalue weighted by molar-refractivity contribution is -0.383. The smallest absolute Gasteiger partial charge is 0.310 e. The number of anilines is 1. The molecule has 0 saturated carbocycles. The molecule has 0 spiro atoms. The highest BCUT2D eigenvalue weighted by Gasteiger charge is 2.19. The second-order valence-corrected chi connectivity index (χ2v) is 5.11. The Hall–Kier alpha value is -0.940. The maximum Gasteiger partial charge on any atom is 0.310 e. The molecule has 1 aromatic carbocycles. The van der Waals surface area contributed by atoms with Crippen LogP contribution < -0.4 is 5.32 Å². The third-order valence-electron chi connectivity index (χ3n) is 2.33. The highest BCUT2D eigenvalue weighted by Crippen LogP contribution is 2.32. The molecule has 1 rings (SSSR count). The zero-order chi connectivity index (χ0) is 12.8. The van der Waals surface area contributed by atoms with E-state index in [1.807, 2.05) is 13.2 Å². The van der Waals surface area contributed by atoms with Crippen molar-refractivity contribution in [1.82, 2.24) is 0 Å². The molecule has 1 N–H and O–H groups in total. The van der Waals surface area contributed by atoms with Crippen LogP contribution in [-0.2, 0) is 0 Å². The molecule has 1 atom stereocenters. The number of hydrogen-bond donors (Lipinski definition) is 1. The van der Waals surface area contributed by atoms with Crippen molar-refractivity contribution in [1.29, 1.82) is 0 Å². The molecule has 0 saturated heterocycles. The fraction of sp³-hybridized carbons (Fsp3) is 0.455. The number of nitro benzene ring substituents is 1. The van der Waals surface area contributed by atoms with Gasteiger partial charge < -0.3 is 5.32 Å². The summed E-state index contributed by atoms with van der Waals surface area (Å²) < 4.78 is 0. The lowest BCUT2D eigenvalue weighted by Gasteiger charge is -2.14. The molecular formula is C11H15ClN2O2S. The zero-order valence-electron chi connectivity index (χ0n) is 9.77. The summed E-state index contributed by atoms with van der Waals surface area (Å²) in [6.07, 6.45) is 2.99. The summed E-state index contributed by atoms with van der Waals surface area (Å²) in [5, 5.41) is 14.2. The number of nitrogens with zero attached hydrogens (tertiary/aromatic N) is 1. The number of rotatable bonds is 6. The lowest BCUT2D eigenvalue weighted by Crippen LogP contribution is -2.16. The standard InChI is InChI=1S/C11H15ClN2O2S/c1-8(6-7-17-2)13-10-5-3-4-9(12)11(10)14(15)16/h3-5,8,13H,6-7H2,1-2H3. The zero-order valence-corrected chi connectivity index (χ0v) is 11.3. The Balaban J connectivity index is 2.83. The Kier molecular flexibility index (Phi) is 5.58. The maximum absolute atomic E-state index is 10.9. The van der Waals surface area contributed by atoms with Crippen molar-refractivity contribution < 1.29 is 4.92 Å². The van der Waals surface area contributed by atoms with E-state index in [0.717, 1.165) is 12.2 Å². The Morgan fingerprint density at radius 2 is 2.29 bits per heavy atom. The second kappa shape index (κ2) is 6.71. The summed E-state index contributed by atoms with van der Waals surface area (Å²) >= 11 is 7.58. The minimum Gasteiger partial charge on any atom is -0.377 e. The molecule has 0 radical (unpaired) electrons. The van der Waals surface area contributed by atoms with E-state index in [2.05, 4.69) is 5.32 Å². The van der Waals surface area contributed by atoms with Gasteiger partial charge in [0.2, 0.25) is 0 Å². The monoisotopic (exact) mass is 274 g/mol. The van der Waals surface area contributed by atoms with Gasteiger partial charge in [-0.1, -0.05) is 17.7 Å². The van der Waals surface area contributed by atoms with Gasteiger partial charge in [-0.3, -0.25) is 10.1 Å². The number of nitrogens with one attached hydrogen (secondary N) is 1. The van der Waals surface area contributed by atoms with E-state index in [1.54, 1.807) is 23.9 Å². The van der Waals surface area contributed by atoms with Crippen molar-refractivity contribution in [3.63, 3.8) is 0 Å². The largest absolute Gasteiger partial charge is 0.377 e. The predicted molar refractivity (Wildman–Crippen MR) is 74.2 cm³/mol. The van der Waals surface area contributed by atoms with E-state index >= 15 is 0 Å². The topological polar surface area (TPSA) is 55.2 Å². The van der Waals surface area contributed by atoms with Crippen LogP contribution >= 0.6 is 23.4 Å². The number of thioether (sulfide) groups is 1. The van der Waals surface area contributed by atoms with Crippen molar-refractivity contribution in [2.24, 2.45) is 0 Å². The van der Waals surface area contributed by atoms with Gasteiger partial charge in [0.1, 0.15) is 10.7 Å². The van der Waals surface area contributed by atoms with Crippen LogP contribution in [0.5, 0.6) is 0 Å². The predicted octanol–water partition coefficient (Wildman–Crippen LogP) is 3.80. The van der Waals surface area contributed by atoms with Crippen molar-refractivity contribution in [3.8, 4) is 0 Å². The van der Waals surface area contributed by atoms with Gasteiger partial charge in [0.25, 0.3) is 0 Å². The molecule has 0 fully saturated rings. The Bertz CT molecular complexity index is 401. The third-order valence-corrected chi connectivity index (χ3v) is 3.28. The maximum atomic E-state index is 10.9. The first-order valence-corrected chi connectivity index (χ1v) is 7.01. The average molecular weight is 275 g/mol. The SMILES string of the molecule is CSCCC(C)Nc1cccc(Cl)c1[N+](=O)[O-]. The molecule has 94 valence electrons. The van der Waals surface area contributed by atoms with Crippen LogP contribution in [0.15, 0.2) is 18.2 Å². The summed E-state index contributed by atoms with van der Waals surface area (Å²) in [7, 11) is 0. The highest BCUT2D eigenvalue weighted by molar-refractivity contribution is 7.98. The van der Waals surface area contributed by atoms with Gasteiger partial charge in [-0.05, 0) is 37.5 Å². The number of benzene rings is 1. The van der Waals surface area contributed by atoms with Crippen molar-refractivity contribution in [2.45, 2.75) is 19.4 Å². The number of nitro groups is 1. The summed E-state index contributed by atoms with van der Waals surface area (Å²) in [6, 6.07) is 5.09. The molecule has 6 heteroatoms. The molecule has 0 heterocycles. The normalized spacial score (nSPS) is 12.2. The molecule has 0 aliphatic carbocycles. The summed E-state index contributed by atoms with van der Waals surface area (Å²) in [6.45, 7) is 2.00. The van der Waals surface area contributed by atoms with E-state index in [0.29, 0.717) is 5.69 Å². The Morgan fingerprint density at radius 1 is 1.59 bits per heavy atom. The number of para-hydroxylation sites is 1. The van der Waals surface area contributed by atoms with Crippen molar-refractivity contribution in [2.75, 3.05) is 17.3 Å². The fourth-order valence-electron chi connectivity index (χ4n) is 1.45. The van der Waals surface area contributed by atoms with Gasteiger partial charge in [-0.25, -0.2) is 0 Å². The second-order valence-electron chi connectivity index (χ2n) is 3.72. The van der Waals surface area contributed by atoms with E-state index in [1.165, 1.54) is 6.07 Å². The highest BCUT2D eigenvalue weighted by atomic mass is 35.5. The molecule has 17 heavy (non-hydrogen) atoms. The molecule has 0 aromatic heterocycles. The molecule has 0 bridgehead atoms. The van der Waals surface area contributed by atoms with E-state index < -0.39 is 4.92 Å². The van der Waals surface area contributed by atoms with Gasteiger partial charge in [0.15, 0.2) is 0 Å². The molecular weight excluding hydrogens is 260 g/mol. The van der Waals surface area contributed by atoms with Crippen LogP contribution in [0.2, 0.25) is 5.02 Å². The molecule has 4 nitrogen and oxygen atoms in total. The summed E-state index contributed by atoms with van der Waals surface area (Å²) in [5.74, 6) is 1.02. The first kappa shape index (κ1) is 14.1. The van der Waals surface area contributed by atoms with Gasteiger partial charge in [-0.2, -0.15) is 11.8 Å². The van der Waals surface area contributed by atoms with Gasteiger partial charge in [0.05, 0.1) is 4.92 Å². The first-order valence-electron chi connectivity index (χ1n) is 5.24. The Labute approximate surface area is 110 Å². The molecule has 0 aliphatic heterocycles. The molecule has 0 amide bonds. The summed E-state index contributed by atoms with van der Waals surface area (Å²) in [4.78, 5) is 10.5. The van der Waals surface area contributed by atoms with E-state index in [-0.39, 0.29) is 16.8 Å². The number of hydrogen-bond acceptors (Lipinski definition) is 4. The quantitative estimate of drug-likeness (QED) is 0.633. The molecule has 1 unspecified atom stereocenters. The van der Waals surface area contributed by atoms with Crippen molar-refractivity contribution in [3.05, 3.63) is 33.3 Å². The van der Waals surface area contributed by atoms with E-state index in [9.17, 15) is 10.1 Å². The fourth-order valence-corrected chi connectivity index (χ4v) is 2.28. The van der Waals surface area contributed by atoms with Gasteiger partial charge >= 0.3 is 5.69 Å². The van der Waals surface area contributed by atoms with E-state index in [4.69, 9.17) is 11.6 Å².